The molecule has 0 aliphatic rings. The highest BCUT2D eigenvalue weighted by Crippen LogP contribution is 2.27. The summed E-state index contributed by atoms with van der Waals surface area (Å²) in [4.78, 5) is 1.47. The number of hydrogen-bond acceptors (Lipinski definition) is 4. The maximum atomic E-state index is 6.02. The summed E-state index contributed by atoms with van der Waals surface area (Å²) in [5.74, 6) is 0.722. The van der Waals surface area contributed by atoms with Gasteiger partial charge in [0.05, 0.1) is 12.1 Å². The lowest BCUT2D eigenvalue weighted by Crippen LogP contribution is -2.23. The third-order valence-electron chi connectivity index (χ3n) is 2.73. The highest BCUT2D eigenvalue weighted by Gasteiger charge is 2.15. The molecule has 5 nitrogen and oxygen atoms in total. The molecule has 0 saturated heterocycles. The van der Waals surface area contributed by atoms with Gasteiger partial charge in [0.1, 0.15) is 0 Å². The van der Waals surface area contributed by atoms with Gasteiger partial charge in [0, 0.05) is 16.9 Å². The van der Waals surface area contributed by atoms with E-state index >= 15 is 0 Å². The minimum Gasteiger partial charge on any atom is -0.310 e. The van der Waals surface area contributed by atoms with Crippen LogP contribution in [-0.4, -0.2) is 26.8 Å². The Hall–Kier alpha value is -0.980. The highest BCUT2D eigenvalue weighted by atomic mass is 79.9. The van der Waals surface area contributed by atoms with Crippen LogP contribution in [0.25, 0.3) is 0 Å². The highest BCUT2D eigenvalue weighted by molar-refractivity contribution is 9.10. The van der Waals surface area contributed by atoms with E-state index in [1.54, 1.807) is 7.05 Å². The van der Waals surface area contributed by atoms with Crippen molar-refractivity contribution in [2.45, 2.75) is 19.4 Å². The molecule has 1 aromatic carbocycles. The zero-order valence-electron chi connectivity index (χ0n) is 10.8. The number of likely N-dealkylation sites (N-methyl/N-ethyl adjacent to an activating group) is 1. The van der Waals surface area contributed by atoms with E-state index in [9.17, 15) is 0 Å². The van der Waals surface area contributed by atoms with E-state index in [1.165, 1.54) is 4.80 Å². The number of nitrogens with one attached hydrogen (secondary N) is 1. The van der Waals surface area contributed by atoms with Gasteiger partial charge in [-0.3, -0.25) is 0 Å². The third-order valence-corrected chi connectivity index (χ3v) is 3.95. The molecular formula is C12H15BrClN5. The molecule has 1 unspecified atom stereocenters. The standard InChI is InChI=1S/C12H15BrClN5/c1-3-15-11(7-12-16-18-19(2)17-12)8-4-5-10(14)9(13)6-8/h4-6,11,15H,3,7H2,1-2H3. The van der Waals surface area contributed by atoms with Gasteiger partial charge in [0.15, 0.2) is 5.82 Å². The maximum absolute atomic E-state index is 6.02. The second kappa shape index (κ2) is 6.45. The van der Waals surface area contributed by atoms with Crippen molar-refractivity contribution in [1.82, 2.24) is 25.5 Å². The van der Waals surface area contributed by atoms with Crippen molar-refractivity contribution < 1.29 is 0 Å². The molecule has 19 heavy (non-hydrogen) atoms. The van der Waals surface area contributed by atoms with Crippen molar-refractivity contribution in [2.24, 2.45) is 7.05 Å². The Labute approximate surface area is 125 Å². The van der Waals surface area contributed by atoms with E-state index in [-0.39, 0.29) is 6.04 Å². The summed E-state index contributed by atoms with van der Waals surface area (Å²) >= 11 is 9.47. The maximum Gasteiger partial charge on any atom is 0.176 e. The third kappa shape index (κ3) is 3.75. The van der Waals surface area contributed by atoms with Crippen LogP contribution in [0.1, 0.15) is 24.4 Å². The lowest BCUT2D eigenvalue weighted by molar-refractivity contribution is 0.534. The molecule has 2 rings (SSSR count). The molecule has 102 valence electrons. The fourth-order valence-electron chi connectivity index (χ4n) is 1.87. The fraction of sp³-hybridized carbons (Fsp3) is 0.417. The Morgan fingerprint density at radius 1 is 1.47 bits per heavy atom. The van der Waals surface area contributed by atoms with Crippen LogP contribution in [0, 0.1) is 0 Å². The van der Waals surface area contributed by atoms with Crippen LogP contribution in [0.3, 0.4) is 0 Å². The van der Waals surface area contributed by atoms with Gasteiger partial charge in [0.2, 0.25) is 0 Å². The molecule has 1 atom stereocenters. The SMILES string of the molecule is CCNC(Cc1nnn(C)n1)c1ccc(Cl)c(Br)c1. The molecule has 1 heterocycles. The lowest BCUT2D eigenvalue weighted by Gasteiger charge is -2.17. The summed E-state index contributed by atoms with van der Waals surface area (Å²) in [5.41, 5.74) is 1.14. The molecule has 2 aromatic rings. The molecule has 0 spiro atoms. The van der Waals surface area contributed by atoms with Crippen LogP contribution in [0.5, 0.6) is 0 Å². The molecular weight excluding hydrogens is 330 g/mol. The van der Waals surface area contributed by atoms with E-state index in [1.807, 2.05) is 18.2 Å². The van der Waals surface area contributed by atoms with Crippen LogP contribution in [0.15, 0.2) is 22.7 Å². The smallest absolute Gasteiger partial charge is 0.176 e. The van der Waals surface area contributed by atoms with Gasteiger partial charge < -0.3 is 5.32 Å². The van der Waals surface area contributed by atoms with Crippen molar-refractivity contribution in [2.75, 3.05) is 6.54 Å². The topological polar surface area (TPSA) is 55.6 Å². The van der Waals surface area contributed by atoms with E-state index in [0.717, 1.165) is 22.4 Å². The molecule has 0 radical (unpaired) electrons. The lowest BCUT2D eigenvalue weighted by atomic mass is 10.0. The molecule has 0 amide bonds. The van der Waals surface area contributed by atoms with Gasteiger partial charge in [-0.2, -0.15) is 4.80 Å². The van der Waals surface area contributed by atoms with Gasteiger partial charge in [-0.05, 0) is 45.4 Å². The monoisotopic (exact) mass is 343 g/mol. The summed E-state index contributed by atoms with van der Waals surface area (Å²) < 4.78 is 0.890. The van der Waals surface area contributed by atoms with Crippen LogP contribution in [0.4, 0.5) is 0 Å². The summed E-state index contributed by atoms with van der Waals surface area (Å²) in [6.07, 6.45) is 0.690. The molecule has 0 aliphatic carbocycles. The van der Waals surface area contributed by atoms with Crippen molar-refractivity contribution in [3.63, 3.8) is 0 Å². The number of rotatable bonds is 5. The Morgan fingerprint density at radius 2 is 2.26 bits per heavy atom. The van der Waals surface area contributed by atoms with Crippen molar-refractivity contribution in [3.05, 3.63) is 39.1 Å². The van der Waals surface area contributed by atoms with Gasteiger partial charge in [-0.25, -0.2) is 0 Å². The van der Waals surface area contributed by atoms with E-state index in [2.05, 4.69) is 43.6 Å². The molecule has 1 aromatic heterocycles. The van der Waals surface area contributed by atoms with E-state index in [4.69, 9.17) is 11.6 Å². The summed E-state index contributed by atoms with van der Waals surface area (Å²) in [5, 5.41) is 16.2. The van der Waals surface area contributed by atoms with Crippen molar-refractivity contribution in [3.8, 4) is 0 Å². The average Bonchev–Trinajstić information content (AvgIpc) is 2.78. The predicted octanol–water partition coefficient (Wildman–Crippen LogP) is 2.52. The quantitative estimate of drug-likeness (QED) is 0.905. The van der Waals surface area contributed by atoms with E-state index < -0.39 is 0 Å². The van der Waals surface area contributed by atoms with Gasteiger partial charge in [0.25, 0.3) is 0 Å². The number of nitrogens with zero attached hydrogens (tertiary/aromatic N) is 4. The van der Waals surface area contributed by atoms with Crippen molar-refractivity contribution >= 4 is 27.5 Å². The second-order valence-corrected chi connectivity index (χ2v) is 5.44. The van der Waals surface area contributed by atoms with Crippen LogP contribution in [-0.2, 0) is 13.5 Å². The molecule has 0 fully saturated rings. The largest absolute Gasteiger partial charge is 0.310 e. The van der Waals surface area contributed by atoms with Crippen LogP contribution >= 0.6 is 27.5 Å². The predicted molar refractivity (Wildman–Crippen MR) is 78.1 cm³/mol. The Morgan fingerprint density at radius 3 is 2.84 bits per heavy atom. The Kier molecular flexibility index (Phi) is 4.90. The first-order valence-corrected chi connectivity index (χ1v) is 7.18. The Bertz CT molecular complexity index is 557. The number of hydrogen-bond donors (Lipinski definition) is 1. The number of tetrazole rings is 1. The summed E-state index contributed by atoms with van der Waals surface area (Å²) in [7, 11) is 1.76. The zero-order valence-corrected chi connectivity index (χ0v) is 13.1. The summed E-state index contributed by atoms with van der Waals surface area (Å²) in [6, 6.07) is 6.06. The average molecular weight is 345 g/mol. The first-order valence-electron chi connectivity index (χ1n) is 6.01. The van der Waals surface area contributed by atoms with Crippen LogP contribution < -0.4 is 5.32 Å². The fourth-order valence-corrected chi connectivity index (χ4v) is 2.39. The number of halogens is 2. The second-order valence-electron chi connectivity index (χ2n) is 4.18. The van der Waals surface area contributed by atoms with Gasteiger partial charge >= 0.3 is 0 Å². The first-order chi connectivity index (χ1) is 9.10. The van der Waals surface area contributed by atoms with Gasteiger partial charge in [-0.1, -0.05) is 24.6 Å². The molecule has 0 aliphatic heterocycles. The van der Waals surface area contributed by atoms with E-state index in [0.29, 0.717) is 11.4 Å². The minimum atomic E-state index is 0.141. The number of aromatic nitrogens is 4. The zero-order chi connectivity index (χ0) is 13.8. The number of aryl methyl sites for hydroxylation is 1. The molecule has 0 saturated carbocycles. The van der Waals surface area contributed by atoms with Crippen molar-refractivity contribution in [1.29, 1.82) is 0 Å². The summed E-state index contributed by atoms with van der Waals surface area (Å²) in [6.45, 7) is 2.94. The Balaban J connectivity index is 2.21. The molecule has 1 N–H and O–H groups in total. The normalized spacial score (nSPS) is 12.6. The first kappa shape index (κ1) is 14.4. The van der Waals surface area contributed by atoms with Crippen LogP contribution in [0.2, 0.25) is 5.02 Å². The number of benzene rings is 1. The van der Waals surface area contributed by atoms with Gasteiger partial charge in [-0.15, -0.1) is 10.2 Å². The molecule has 7 heteroatoms. The minimum absolute atomic E-state index is 0.141. The molecule has 0 bridgehead atoms.